The molecule has 0 saturated heterocycles. The van der Waals surface area contributed by atoms with Crippen molar-refractivity contribution in [3.63, 3.8) is 0 Å². The summed E-state index contributed by atoms with van der Waals surface area (Å²) in [6.45, 7) is 0. The predicted octanol–water partition coefficient (Wildman–Crippen LogP) is 2.30. The van der Waals surface area contributed by atoms with E-state index in [-0.39, 0.29) is 5.75 Å². The Bertz CT molecular complexity index is 399. The lowest BCUT2D eigenvalue weighted by atomic mass is 9.80. The first-order chi connectivity index (χ1) is 7.68. The number of methoxy groups -OCH3 is 1. The van der Waals surface area contributed by atoms with Gasteiger partial charge in [0.2, 0.25) is 5.60 Å². The average Bonchev–Trinajstić information content (AvgIpc) is 2.25. The molecule has 0 atom stereocenters. The summed E-state index contributed by atoms with van der Waals surface area (Å²) in [4.78, 5) is 11.6. The van der Waals surface area contributed by atoms with E-state index < -0.39 is 17.4 Å². The first-order valence-corrected chi connectivity index (χ1v) is 5.20. The molecular weight excluding hydrogens is 211 g/mol. The van der Waals surface area contributed by atoms with E-state index in [9.17, 15) is 9.18 Å². The molecule has 1 aromatic carbocycles. The molecule has 1 aromatic rings. The normalized spacial score (nSPS) is 17.4. The summed E-state index contributed by atoms with van der Waals surface area (Å²) in [7, 11) is 1.31. The summed E-state index contributed by atoms with van der Waals surface area (Å²) >= 11 is 0. The van der Waals surface area contributed by atoms with Crippen LogP contribution in [0.3, 0.4) is 0 Å². The Hall–Kier alpha value is -1.58. The van der Waals surface area contributed by atoms with Crippen molar-refractivity contribution in [2.75, 3.05) is 7.11 Å². The lowest BCUT2D eigenvalue weighted by Crippen LogP contribution is -2.51. The number of carbonyl (C=O) groups is 1. The van der Waals surface area contributed by atoms with E-state index in [1.807, 2.05) is 0 Å². The Balaban J connectivity index is 2.19. The molecule has 0 N–H and O–H groups in total. The average molecular weight is 224 g/mol. The van der Waals surface area contributed by atoms with Crippen molar-refractivity contribution >= 4 is 5.97 Å². The second-order valence-electron chi connectivity index (χ2n) is 3.87. The maximum Gasteiger partial charge on any atom is 0.350 e. The molecule has 0 spiro atoms. The van der Waals surface area contributed by atoms with Gasteiger partial charge in [-0.3, -0.25) is 0 Å². The summed E-state index contributed by atoms with van der Waals surface area (Å²) in [6, 6.07) is 6.06. The van der Waals surface area contributed by atoms with E-state index in [4.69, 9.17) is 4.74 Å². The van der Waals surface area contributed by atoms with Gasteiger partial charge in [-0.15, -0.1) is 0 Å². The topological polar surface area (TPSA) is 35.5 Å². The van der Waals surface area contributed by atoms with Crippen LogP contribution in [0.25, 0.3) is 0 Å². The molecular formula is C12H13FO3. The monoisotopic (exact) mass is 224 g/mol. The maximum atomic E-state index is 13.4. The molecule has 2 rings (SSSR count). The fourth-order valence-corrected chi connectivity index (χ4v) is 1.77. The SMILES string of the molecule is COC(=O)C1(Oc2ccccc2F)CCC1. The van der Waals surface area contributed by atoms with Gasteiger partial charge in [-0.05, 0) is 31.4 Å². The van der Waals surface area contributed by atoms with Crippen molar-refractivity contribution in [1.29, 1.82) is 0 Å². The molecule has 86 valence electrons. The van der Waals surface area contributed by atoms with E-state index in [0.29, 0.717) is 12.8 Å². The third kappa shape index (κ3) is 1.75. The van der Waals surface area contributed by atoms with Gasteiger partial charge in [0.1, 0.15) is 0 Å². The second kappa shape index (κ2) is 4.12. The highest BCUT2D eigenvalue weighted by molar-refractivity contribution is 5.81. The number of hydrogen-bond acceptors (Lipinski definition) is 3. The highest BCUT2D eigenvalue weighted by atomic mass is 19.1. The number of esters is 1. The van der Waals surface area contributed by atoms with Crippen molar-refractivity contribution in [1.82, 2.24) is 0 Å². The smallest absolute Gasteiger partial charge is 0.350 e. The Labute approximate surface area is 93.2 Å². The fourth-order valence-electron chi connectivity index (χ4n) is 1.77. The van der Waals surface area contributed by atoms with Crippen molar-refractivity contribution in [2.24, 2.45) is 0 Å². The fraction of sp³-hybridized carbons (Fsp3) is 0.417. The zero-order valence-corrected chi connectivity index (χ0v) is 9.03. The summed E-state index contributed by atoms with van der Waals surface area (Å²) < 4.78 is 23.5. The Morgan fingerprint density at radius 1 is 1.38 bits per heavy atom. The number of halogens is 1. The Morgan fingerprint density at radius 3 is 2.56 bits per heavy atom. The van der Waals surface area contributed by atoms with Crippen molar-refractivity contribution in [2.45, 2.75) is 24.9 Å². The van der Waals surface area contributed by atoms with Gasteiger partial charge in [-0.25, -0.2) is 9.18 Å². The van der Waals surface area contributed by atoms with Crippen LogP contribution in [-0.2, 0) is 9.53 Å². The van der Waals surface area contributed by atoms with Crippen molar-refractivity contribution in [3.05, 3.63) is 30.1 Å². The van der Waals surface area contributed by atoms with Gasteiger partial charge in [0.05, 0.1) is 7.11 Å². The molecule has 0 heterocycles. The summed E-state index contributed by atoms with van der Waals surface area (Å²) in [5.41, 5.74) is -0.975. The maximum absolute atomic E-state index is 13.4. The molecule has 0 amide bonds. The summed E-state index contributed by atoms with van der Waals surface area (Å²) in [6.07, 6.45) is 2.05. The van der Waals surface area contributed by atoms with E-state index >= 15 is 0 Å². The first-order valence-electron chi connectivity index (χ1n) is 5.20. The van der Waals surface area contributed by atoms with Gasteiger partial charge in [-0.1, -0.05) is 12.1 Å². The molecule has 1 aliphatic rings. The van der Waals surface area contributed by atoms with Gasteiger partial charge in [0.15, 0.2) is 11.6 Å². The van der Waals surface area contributed by atoms with Crippen LogP contribution in [-0.4, -0.2) is 18.7 Å². The van der Waals surface area contributed by atoms with Crippen molar-refractivity contribution < 1.29 is 18.7 Å². The van der Waals surface area contributed by atoms with Crippen LogP contribution in [0.15, 0.2) is 24.3 Å². The van der Waals surface area contributed by atoms with Gasteiger partial charge in [0, 0.05) is 0 Å². The van der Waals surface area contributed by atoms with Gasteiger partial charge < -0.3 is 9.47 Å². The molecule has 1 saturated carbocycles. The minimum atomic E-state index is -0.975. The van der Waals surface area contributed by atoms with Crippen LogP contribution < -0.4 is 4.74 Å². The van der Waals surface area contributed by atoms with E-state index in [1.165, 1.54) is 19.2 Å². The number of rotatable bonds is 3. The van der Waals surface area contributed by atoms with Crippen LogP contribution in [0.2, 0.25) is 0 Å². The lowest BCUT2D eigenvalue weighted by molar-refractivity contribution is -0.167. The quantitative estimate of drug-likeness (QED) is 0.739. The van der Waals surface area contributed by atoms with E-state index in [1.54, 1.807) is 12.1 Å². The Kier molecular flexibility index (Phi) is 2.81. The van der Waals surface area contributed by atoms with Crippen molar-refractivity contribution in [3.8, 4) is 5.75 Å². The third-order valence-corrected chi connectivity index (χ3v) is 2.86. The molecule has 16 heavy (non-hydrogen) atoms. The van der Waals surface area contributed by atoms with Crippen LogP contribution in [0.5, 0.6) is 5.75 Å². The minimum Gasteiger partial charge on any atom is -0.472 e. The zero-order valence-electron chi connectivity index (χ0n) is 9.03. The minimum absolute atomic E-state index is 0.104. The van der Waals surface area contributed by atoms with Gasteiger partial charge >= 0.3 is 5.97 Å². The molecule has 4 heteroatoms. The molecule has 1 fully saturated rings. The third-order valence-electron chi connectivity index (χ3n) is 2.86. The number of hydrogen-bond donors (Lipinski definition) is 0. The molecule has 0 aromatic heterocycles. The highest BCUT2D eigenvalue weighted by Crippen LogP contribution is 2.38. The van der Waals surface area contributed by atoms with Gasteiger partial charge in [-0.2, -0.15) is 0 Å². The summed E-state index contributed by atoms with van der Waals surface area (Å²) in [5, 5.41) is 0. The molecule has 0 radical (unpaired) electrons. The van der Waals surface area contributed by atoms with Crippen LogP contribution in [0.1, 0.15) is 19.3 Å². The summed E-state index contributed by atoms with van der Waals surface area (Å²) in [5.74, 6) is -0.785. The standard InChI is InChI=1S/C12H13FO3/c1-15-11(14)12(7-4-8-12)16-10-6-3-2-5-9(10)13/h2-3,5-6H,4,7-8H2,1H3. The first kappa shape index (κ1) is 10.9. The largest absolute Gasteiger partial charge is 0.472 e. The lowest BCUT2D eigenvalue weighted by Gasteiger charge is -2.38. The molecule has 0 bridgehead atoms. The molecule has 3 nitrogen and oxygen atoms in total. The number of benzene rings is 1. The number of carbonyl (C=O) groups excluding carboxylic acids is 1. The van der Waals surface area contributed by atoms with Crippen LogP contribution >= 0.6 is 0 Å². The number of para-hydroxylation sites is 1. The van der Waals surface area contributed by atoms with Gasteiger partial charge in [0.25, 0.3) is 0 Å². The molecule has 0 aliphatic heterocycles. The van der Waals surface area contributed by atoms with Crippen LogP contribution in [0.4, 0.5) is 4.39 Å². The van der Waals surface area contributed by atoms with Crippen LogP contribution in [0, 0.1) is 5.82 Å². The van der Waals surface area contributed by atoms with E-state index in [0.717, 1.165) is 6.42 Å². The Morgan fingerprint density at radius 2 is 2.06 bits per heavy atom. The van der Waals surface area contributed by atoms with E-state index in [2.05, 4.69) is 4.74 Å². The highest BCUT2D eigenvalue weighted by Gasteiger charge is 2.48. The predicted molar refractivity (Wildman–Crippen MR) is 55.6 cm³/mol. The second-order valence-corrected chi connectivity index (χ2v) is 3.87. The zero-order chi connectivity index (χ0) is 11.6. The molecule has 1 aliphatic carbocycles. The molecule has 0 unspecified atom stereocenters. The number of ether oxygens (including phenoxy) is 2.